The molecule has 6 heteroatoms. The van der Waals surface area contributed by atoms with Crippen LogP contribution in [0.25, 0.3) is 6.08 Å². The highest BCUT2D eigenvalue weighted by molar-refractivity contribution is 8.13. The minimum atomic E-state index is -1.28. The molecule has 0 saturated heterocycles. The molecule has 0 amide bonds. The number of carboxylic acids is 1. The SMILES string of the molecule is CC(=O)SCC=Cc1cc(F)cc(C(=O)O)c1N. The Labute approximate surface area is 108 Å². The molecule has 4 nitrogen and oxygen atoms in total. The van der Waals surface area contributed by atoms with Crippen molar-refractivity contribution < 1.29 is 19.1 Å². The van der Waals surface area contributed by atoms with Gasteiger partial charge in [0, 0.05) is 18.2 Å². The van der Waals surface area contributed by atoms with Crippen molar-refractivity contribution in [2.24, 2.45) is 0 Å². The van der Waals surface area contributed by atoms with Crippen LogP contribution in [-0.4, -0.2) is 21.9 Å². The topological polar surface area (TPSA) is 80.4 Å². The van der Waals surface area contributed by atoms with E-state index in [1.807, 2.05) is 0 Å². The number of carbonyl (C=O) groups is 2. The summed E-state index contributed by atoms with van der Waals surface area (Å²) in [6.07, 6.45) is 3.13. The van der Waals surface area contributed by atoms with Crippen molar-refractivity contribution >= 4 is 34.6 Å². The summed E-state index contributed by atoms with van der Waals surface area (Å²) in [5.41, 5.74) is 5.65. The molecule has 0 aliphatic heterocycles. The average molecular weight is 269 g/mol. The lowest BCUT2D eigenvalue weighted by Crippen LogP contribution is -2.05. The molecule has 1 aromatic carbocycles. The fourth-order valence-electron chi connectivity index (χ4n) is 1.29. The van der Waals surface area contributed by atoms with Crippen LogP contribution < -0.4 is 5.73 Å². The van der Waals surface area contributed by atoms with E-state index in [0.29, 0.717) is 5.75 Å². The van der Waals surface area contributed by atoms with Crippen molar-refractivity contribution in [1.29, 1.82) is 0 Å². The molecule has 0 radical (unpaired) electrons. The molecule has 1 aromatic rings. The lowest BCUT2D eigenvalue weighted by atomic mass is 10.1. The molecular formula is C12H12FNO3S. The second-order valence-corrected chi connectivity index (χ2v) is 4.66. The third-order valence-electron chi connectivity index (χ3n) is 2.09. The van der Waals surface area contributed by atoms with Crippen LogP contribution >= 0.6 is 11.8 Å². The van der Waals surface area contributed by atoms with E-state index in [-0.39, 0.29) is 21.9 Å². The lowest BCUT2D eigenvalue weighted by Gasteiger charge is -2.05. The maximum Gasteiger partial charge on any atom is 0.337 e. The van der Waals surface area contributed by atoms with Crippen LogP contribution in [0.5, 0.6) is 0 Å². The van der Waals surface area contributed by atoms with Gasteiger partial charge in [0.25, 0.3) is 0 Å². The van der Waals surface area contributed by atoms with Gasteiger partial charge in [-0.1, -0.05) is 23.9 Å². The Morgan fingerprint density at radius 2 is 2.17 bits per heavy atom. The van der Waals surface area contributed by atoms with E-state index in [4.69, 9.17) is 10.8 Å². The Bertz CT molecular complexity index is 514. The summed E-state index contributed by atoms with van der Waals surface area (Å²) >= 11 is 1.09. The van der Waals surface area contributed by atoms with Crippen molar-refractivity contribution in [3.05, 3.63) is 35.2 Å². The molecule has 18 heavy (non-hydrogen) atoms. The van der Waals surface area contributed by atoms with Gasteiger partial charge >= 0.3 is 5.97 Å². The minimum absolute atomic E-state index is 0.00738. The molecule has 3 N–H and O–H groups in total. The van der Waals surface area contributed by atoms with Crippen LogP contribution in [0.15, 0.2) is 18.2 Å². The average Bonchev–Trinajstić information content (AvgIpc) is 2.27. The number of carboxylic acid groups (broad SMARTS) is 1. The first-order valence-electron chi connectivity index (χ1n) is 5.04. The zero-order valence-electron chi connectivity index (χ0n) is 9.64. The Kier molecular flexibility index (Phi) is 4.91. The first-order valence-corrected chi connectivity index (χ1v) is 6.02. The Hall–Kier alpha value is -1.82. The smallest absolute Gasteiger partial charge is 0.337 e. The summed E-state index contributed by atoms with van der Waals surface area (Å²) in [6, 6.07) is 2.02. The number of hydrogen-bond donors (Lipinski definition) is 2. The standard InChI is InChI=1S/C12H12FNO3S/c1-7(15)18-4-2-3-8-5-9(13)6-10(11(8)14)12(16)17/h2-3,5-6H,4,14H2,1H3,(H,16,17). The summed E-state index contributed by atoms with van der Waals surface area (Å²) < 4.78 is 13.2. The summed E-state index contributed by atoms with van der Waals surface area (Å²) in [5.74, 6) is -1.52. The van der Waals surface area contributed by atoms with E-state index in [2.05, 4.69) is 0 Å². The highest BCUT2D eigenvalue weighted by Crippen LogP contribution is 2.21. The lowest BCUT2D eigenvalue weighted by molar-refractivity contribution is -0.109. The van der Waals surface area contributed by atoms with Crippen LogP contribution in [0.1, 0.15) is 22.8 Å². The molecule has 1 rings (SSSR count). The van der Waals surface area contributed by atoms with Gasteiger partial charge in [-0.15, -0.1) is 0 Å². The molecule has 0 spiro atoms. The van der Waals surface area contributed by atoms with Gasteiger partial charge in [0.1, 0.15) is 5.82 Å². The van der Waals surface area contributed by atoms with Gasteiger partial charge in [0.15, 0.2) is 5.12 Å². The summed E-state index contributed by atoms with van der Waals surface area (Å²) in [5, 5.41) is 8.81. The second kappa shape index (κ2) is 6.20. The molecule has 96 valence electrons. The maximum atomic E-state index is 13.2. The van der Waals surface area contributed by atoms with Gasteiger partial charge < -0.3 is 10.8 Å². The highest BCUT2D eigenvalue weighted by atomic mass is 32.2. The molecule has 0 heterocycles. The van der Waals surface area contributed by atoms with Crippen molar-refractivity contribution in [3.63, 3.8) is 0 Å². The number of thioether (sulfide) groups is 1. The van der Waals surface area contributed by atoms with Gasteiger partial charge in [0.05, 0.1) is 11.3 Å². The molecule has 0 aromatic heterocycles. The maximum absolute atomic E-state index is 13.2. The van der Waals surface area contributed by atoms with Crippen molar-refractivity contribution in [1.82, 2.24) is 0 Å². The van der Waals surface area contributed by atoms with Gasteiger partial charge in [0.2, 0.25) is 0 Å². The van der Waals surface area contributed by atoms with Gasteiger partial charge in [-0.05, 0) is 12.1 Å². The number of aromatic carboxylic acids is 1. The fourth-order valence-corrected chi connectivity index (χ4v) is 1.72. The zero-order valence-corrected chi connectivity index (χ0v) is 10.5. The Morgan fingerprint density at radius 3 is 2.72 bits per heavy atom. The number of benzene rings is 1. The van der Waals surface area contributed by atoms with E-state index in [0.717, 1.165) is 23.9 Å². The van der Waals surface area contributed by atoms with Gasteiger partial charge in [-0.2, -0.15) is 0 Å². The van der Waals surface area contributed by atoms with Crippen LogP contribution in [0.4, 0.5) is 10.1 Å². The van der Waals surface area contributed by atoms with Crippen LogP contribution in [0.3, 0.4) is 0 Å². The third kappa shape index (κ3) is 3.89. The molecule has 0 atom stereocenters. The number of carbonyl (C=O) groups excluding carboxylic acids is 1. The Morgan fingerprint density at radius 1 is 1.50 bits per heavy atom. The number of nitrogens with two attached hydrogens (primary N) is 1. The highest BCUT2D eigenvalue weighted by Gasteiger charge is 2.12. The summed E-state index contributed by atoms with van der Waals surface area (Å²) in [6.45, 7) is 1.44. The summed E-state index contributed by atoms with van der Waals surface area (Å²) in [4.78, 5) is 21.5. The normalized spacial score (nSPS) is 10.8. The van der Waals surface area contributed by atoms with E-state index in [1.54, 1.807) is 6.08 Å². The molecule has 0 aliphatic rings. The molecule has 0 bridgehead atoms. The number of halogens is 1. The van der Waals surface area contributed by atoms with Crippen molar-refractivity contribution in [3.8, 4) is 0 Å². The largest absolute Gasteiger partial charge is 0.478 e. The molecule has 0 saturated carbocycles. The van der Waals surface area contributed by atoms with Gasteiger partial charge in [-0.3, -0.25) is 4.79 Å². The number of nitrogen functional groups attached to an aromatic ring is 1. The quantitative estimate of drug-likeness (QED) is 0.820. The molecule has 0 unspecified atom stereocenters. The van der Waals surface area contributed by atoms with Crippen molar-refractivity contribution in [2.75, 3.05) is 11.5 Å². The predicted octanol–water partition coefficient (Wildman–Crippen LogP) is 2.40. The van der Waals surface area contributed by atoms with E-state index >= 15 is 0 Å². The van der Waals surface area contributed by atoms with Crippen molar-refractivity contribution in [2.45, 2.75) is 6.92 Å². The molecular weight excluding hydrogens is 257 g/mol. The van der Waals surface area contributed by atoms with E-state index < -0.39 is 11.8 Å². The molecule has 0 aliphatic carbocycles. The first-order chi connectivity index (χ1) is 8.41. The molecule has 0 fully saturated rings. The fraction of sp³-hybridized carbons (Fsp3) is 0.167. The first kappa shape index (κ1) is 14.2. The zero-order chi connectivity index (χ0) is 13.7. The van der Waals surface area contributed by atoms with E-state index in [9.17, 15) is 14.0 Å². The Balaban J connectivity index is 2.95. The minimum Gasteiger partial charge on any atom is -0.478 e. The van der Waals surface area contributed by atoms with Crippen LogP contribution in [0.2, 0.25) is 0 Å². The number of hydrogen-bond acceptors (Lipinski definition) is 4. The van der Waals surface area contributed by atoms with Gasteiger partial charge in [-0.25, -0.2) is 9.18 Å². The third-order valence-corrected chi connectivity index (χ3v) is 2.85. The number of anilines is 1. The van der Waals surface area contributed by atoms with E-state index in [1.165, 1.54) is 13.0 Å². The predicted molar refractivity (Wildman–Crippen MR) is 69.9 cm³/mol. The van der Waals surface area contributed by atoms with Crippen LogP contribution in [0, 0.1) is 5.82 Å². The van der Waals surface area contributed by atoms with Crippen LogP contribution in [-0.2, 0) is 4.79 Å². The monoisotopic (exact) mass is 269 g/mol. The summed E-state index contributed by atoms with van der Waals surface area (Å²) in [7, 11) is 0. The second-order valence-electron chi connectivity index (χ2n) is 3.47. The number of rotatable bonds is 4.